The number of rotatable bonds is 11. The van der Waals surface area contributed by atoms with Crippen molar-refractivity contribution >= 4 is 11.9 Å². The Kier molecular flexibility index (Phi) is 13.9. The zero-order chi connectivity index (χ0) is 18.0. The maximum atomic E-state index is 10.8. The first-order valence-corrected chi connectivity index (χ1v) is 8.21. The molecule has 0 heterocycles. The van der Waals surface area contributed by atoms with Crippen LogP contribution >= 0.6 is 0 Å². The summed E-state index contributed by atoms with van der Waals surface area (Å²) >= 11 is 0. The number of ether oxygens (including phenoxy) is 1. The molecule has 1 atom stereocenters. The van der Waals surface area contributed by atoms with Gasteiger partial charge in [-0.3, -0.25) is 9.59 Å². The smallest absolute Gasteiger partial charge is 0.304 e. The van der Waals surface area contributed by atoms with E-state index >= 15 is 0 Å². The fourth-order valence-electron chi connectivity index (χ4n) is 1.85. The third-order valence-corrected chi connectivity index (χ3v) is 3.02. The molecule has 0 aliphatic heterocycles. The molecule has 0 saturated heterocycles. The first kappa shape index (κ1) is 21.5. The van der Waals surface area contributed by atoms with Crippen molar-refractivity contribution in [2.75, 3.05) is 0 Å². The molecule has 0 rings (SSSR count). The second-order valence-corrected chi connectivity index (χ2v) is 5.21. The van der Waals surface area contributed by atoms with E-state index in [1.54, 1.807) is 0 Å². The molecule has 1 N–H and O–H groups in total. The van der Waals surface area contributed by atoms with Gasteiger partial charge in [0, 0.05) is 19.8 Å². The Balaban J connectivity index is 3.68. The van der Waals surface area contributed by atoms with Crippen LogP contribution in [0, 0.1) is 23.7 Å². The summed E-state index contributed by atoms with van der Waals surface area (Å²) in [5.41, 5.74) is 0. The molecular formula is C20H26O4. The molecule has 0 aromatic carbocycles. The molecule has 24 heavy (non-hydrogen) atoms. The van der Waals surface area contributed by atoms with Gasteiger partial charge in [0.2, 0.25) is 0 Å². The van der Waals surface area contributed by atoms with Crippen LogP contribution in [0.1, 0.15) is 58.3 Å². The molecule has 130 valence electrons. The topological polar surface area (TPSA) is 63.6 Å². The highest BCUT2D eigenvalue weighted by Crippen LogP contribution is 2.07. The largest absolute Gasteiger partial charge is 0.481 e. The predicted octanol–water partition coefficient (Wildman–Crippen LogP) is 3.87. The SMILES string of the molecule is C=CC(C#CC#CCC=CCCCCCCCC(=O)O)OC(C)=O. The van der Waals surface area contributed by atoms with E-state index in [1.807, 2.05) is 6.08 Å². The highest BCUT2D eigenvalue weighted by molar-refractivity contribution is 5.67. The third kappa shape index (κ3) is 15.9. The molecular weight excluding hydrogens is 304 g/mol. The van der Waals surface area contributed by atoms with Crippen LogP contribution in [-0.2, 0) is 14.3 Å². The Bertz CT molecular complexity index is 537. The van der Waals surface area contributed by atoms with E-state index in [4.69, 9.17) is 9.84 Å². The van der Waals surface area contributed by atoms with E-state index in [1.165, 1.54) is 13.0 Å². The number of esters is 1. The van der Waals surface area contributed by atoms with Crippen LogP contribution in [0.15, 0.2) is 24.8 Å². The minimum absolute atomic E-state index is 0.274. The maximum absolute atomic E-state index is 10.8. The summed E-state index contributed by atoms with van der Waals surface area (Å²) in [4.78, 5) is 21.1. The Morgan fingerprint density at radius 1 is 1.12 bits per heavy atom. The highest BCUT2D eigenvalue weighted by atomic mass is 16.5. The number of hydrogen-bond acceptors (Lipinski definition) is 3. The van der Waals surface area contributed by atoms with E-state index in [-0.39, 0.29) is 6.42 Å². The number of hydrogen-bond donors (Lipinski definition) is 1. The molecule has 4 heteroatoms. The lowest BCUT2D eigenvalue weighted by Gasteiger charge is -2.03. The van der Waals surface area contributed by atoms with Crippen LogP contribution in [0.3, 0.4) is 0 Å². The van der Waals surface area contributed by atoms with Crippen molar-refractivity contribution < 1.29 is 19.4 Å². The maximum Gasteiger partial charge on any atom is 0.304 e. The van der Waals surface area contributed by atoms with Gasteiger partial charge in [-0.15, -0.1) is 0 Å². The second-order valence-electron chi connectivity index (χ2n) is 5.21. The van der Waals surface area contributed by atoms with Gasteiger partial charge < -0.3 is 9.84 Å². The van der Waals surface area contributed by atoms with Crippen molar-refractivity contribution in [3.8, 4) is 23.7 Å². The first-order valence-electron chi connectivity index (χ1n) is 8.21. The molecule has 0 aromatic rings. The fourth-order valence-corrected chi connectivity index (χ4v) is 1.85. The van der Waals surface area contributed by atoms with E-state index in [9.17, 15) is 9.59 Å². The summed E-state index contributed by atoms with van der Waals surface area (Å²) in [7, 11) is 0. The van der Waals surface area contributed by atoms with Crippen molar-refractivity contribution in [1.82, 2.24) is 0 Å². The van der Waals surface area contributed by atoms with Crippen LogP contribution in [0.2, 0.25) is 0 Å². The van der Waals surface area contributed by atoms with Crippen molar-refractivity contribution in [1.29, 1.82) is 0 Å². The zero-order valence-corrected chi connectivity index (χ0v) is 14.3. The normalized spacial score (nSPS) is 10.9. The third-order valence-electron chi connectivity index (χ3n) is 3.02. The average molecular weight is 330 g/mol. The predicted molar refractivity (Wildman–Crippen MR) is 95.0 cm³/mol. The van der Waals surface area contributed by atoms with Crippen LogP contribution in [0.4, 0.5) is 0 Å². The fraction of sp³-hybridized carbons (Fsp3) is 0.500. The number of carbonyl (C=O) groups is 2. The number of unbranched alkanes of at least 4 members (excludes halogenated alkanes) is 5. The van der Waals surface area contributed by atoms with Crippen molar-refractivity contribution in [2.24, 2.45) is 0 Å². The summed E-state index contributed by atoms with van der Waals surface area (Å²) < 4.78 is 4.88. The molecule has 0 bridgehead atoms. The lowest BCUT2D eigenvalue weighted by molar-refractivity contribution is -0.142. The Morgan fingerprint density at radius 2 is 1.83 bits per heavy atom. The second kappa shape index (κ2) is 15.4. The van der Waals surface area contributed by atoms with Gasteiger partial charge in [-0.2, -0.15) is 0 Å². The Morgan fingerprint density at radius 3 is 2.50 bits per heavy atom. The number of carbonyl (C=O) groups excluding carboxylic acids is 1. The standard InChI is InChI=1S/C20H26O4/c1-3-19(24-18(2)21)16-14-12-10-8-6-4-5-7-9-11-13-15-17-20(22)23/h3-4,6,19H,1,5,7-9,11,13,15,17H2,2H3,(H,22,23). The van der Waals surface area contributed by atoms with Crippen molar-refractivity contribution in [3.63, 3.8) is 0 Å². The lowest BCUT2D eigenvalue weighted by Crippen LogP contribution is -2.10. The monoisotopic (exact) mass is 330 g/mol. The highest BCUT2D eigenvalue weighted by Gasteiger charge is 2.01. The molecule has 1 unspecified atom stereocenters. The molecule has 0 saturated carbocycles. The van der Waals surface area contributed by atoms with E-state index in [0.717, 1.165) is 38.5 Å². The molecule has 0 fully saturated rings. The average Bonchev–Trinajstić information content (AvgIpc) is 2.53. The van der Waals surface area contributed by atoms with Crippen molar-refractivity contribution in [3.05, 3.63) is 24.8 Å². The molecule has 0 amide bonds. The molecule has 0 radical (unpaired) electrons. The quantitative estimate of drug-likeness (QED) is 0.270. The van der Waals surface area contributed by atoms with Gasteiger partial charge in [0.1, 0.15) is 0 Å². The number of allylic oxidation sites excluding steroid dienone is 2. The van der Waals surface area contributed by atoms with Crippen molar-refractivity contribution in [2.45, 2.75) is 64.4 Å². The van der Waals surface area contributed by atoms with Crippen LogP contribution in [0.5, 0.6) is 0 Å². The summed E-state index contributed by atoms with van der Waals surface area (Å²) in [6.07, 6.45) is 12.0. The van der Waals surface area contributed by atoms with E-state index in [2.05, 4.69) is 36.3 Å². The molecule has 0 aliphatic rings. The van der Waals surface area contributed by atoms with Crippen LogP contribution in [0.25, 0.3) is 0 Å². The lowest BCUT2D eigenvalue weighted by atomic mass is 10.1. The van der Waals surface area contributed by atoms with E-state index in [0.29, 0.717) is 6.42 Å². The van der Waals surface area contributed by atoms with Gasteiger partial charge in [-0.25, -0.2) is 0 Å². The van der Waals surface area contributed by atoms with Gasteiger partial charge in [0.05, 0.1) is 0 Å². The summed E-state index contributed by atoms with van der Waals surface area (Å²) in [6, 6.07) is 0. The van der Waals surface area contributed by atoms with Gasteiger partial charge in [0.15, 0.2) is 6.10 Å². The van der Waals surface area contributed by atoms with Crippen LogP contribution in [-0.4, -0.2) is 23.1 Å². The summed E-state index contributed by atoms with van der Waals surface area (Å²) in [6.45, 7) is 4.86. The first-order chi connectivity index (χ1) is 11.6. The van der Waals surface area contributed by atoms with E-state index < -0.39 is 18.0 Å². The number of carboxylic acid groups (broad SMARTS) is 1. The molecule has 0 aromatic heterocycles. The number of carboxylic acids is 1. The van der Waals surface area contributed by atoms with Gasteiger partial charge >= 0.3 is 11.9 Å². The Labute approximate surface area is 145 Å². The summed E-state index contributed by atoms with van der Waals surface area (Å²) in [5.74, 6) is 9.85. The molecule has 0 spiro atoms. The zero-order valence-electron chi connectivity index (χ0n) is 14.3. The minimum Gasteiger partial charge on any atom is -0.481 e. The Hall–Kier alpha value is -2.46. The summed E-state index contributed by atoms with van der Waals surface area (Å²) in [5, 5.41) is 8.51. The van der Waals surface area contributed by atoms with Crippen LogP contribution < -0.4 is 0 Å². The molecule has 4 nitrogen and oxygen atoms in total. The van der Waals surface area contributed by atoms with Gasteiger partial charge in [0.25, 0.3) is 0 Å². The van der Waals surface area contributed by atoms with Gasteiger partial charge in [-0.05, 0) is 43.1 Å². The minimum atomic E-state index is -0.713. The number of aliphatic carboxylic acids is 1. The van der Waals surface area contributed by atoms with Gasteiger partial charge in [-0.1, -0.05) is 43.9 Å². The molecule has 0 aliphatic carbocycles.